The predicted octanol–water partition coefficient (Wildman–Crippen LogP) is 7.21. The first-order chi connectivity index (χ1) is 19.6. The first-order valence-corrected chi connectivity index (χ1v) is 13.5. The number of amides is 1. The molecule has 0 bridgehead atoms. The van der Waals surface area contributed by atoms with Gasteiger partial charge in [0.1, 0.15) is 34.2 Å². The van der Waals surface area contributed by atoms with Crippen LogP contribution in [0.25, 0.3) is 0 Å². The van der Waals surface area contributed by atoms with Crippen LogP contribution in [0.4, 0.5) is 23.2 Å². The minimum absolute atomic E-state index is 0.0521. The average molecular weight is 622 g/mol. The van der Waals surface area contributed by atoms with Gasteiger partial charge in [0.25, 0.3) is 0 Å². The Bertz CT molecular complexity index is 1600. The lowest BCUT2D eigenvalue weighted by Crippen LogP contribution is -2.45. The van der Waals surface area contributed by atoms with Gasteiger partial charge >= 0.3 is 5.97 Å². The summed E-state index contributed by atoms with van der Waals surface area (Å²) in [6, 6.07) is 8.75. The van der Waals surface area contributed by atoms with Gasteiger partial charge in [-0.05, 0) is 47.7 Å². The number of carbonyl (C=O) groups is 2. The maximum absolute atomic E-state index is 15.7. The van der Waals surface area contributed by atoms with Gasteiger partial charge in [-0.25, -0.2) is 22.4 Å². The molecule has 1 aliphatic rings. The molecule has 0 unspecified atom stereocenters. The van der Waals surface area contributed by atoms with Crippen LogP contribution in [0.5, 0.6) is 0 Å². The second-order valence-corrected chi connectivity index (χ2v) is 12.1. The fourth-order valence-corrected chi connectivity index (χ4v) is 5.97. The zero-order chi connectivity index (χ0) is 31.1. The number of carboxylic acids is 1. The van der Waals surface area contributed by atoms with Gasteiger partial charge in [-0.3, -0.25) is 4.79 Å². The van der Waals surface area contributed by atoms with Crippen molar-refractivity contribution in [2.75, 3.05) is 5.32 Å². The number of anilines is 1. The molecule has 1 fully saturated rings. The Morgan fingerprint density at radius 1 is 1.05 bits per heavy atom. The van der Waals surface area contributed by atoms with Crippen molar-refractivity contribution < 1.29 is 32.3 Å². The third-order valence-corrected chi connectivity index (χ3v) is 7.78. The van der Waals surface area contributed by atoms with Gasteiger partial charge in [-0.1, -0.05) is 62.2 Å². The number of nitrogens with zero attached hydrogens (tertiary/aromatic N) is 1. The maximum atomic E-state index is 15.7. The topological polar surface area (TPSA) is 102 Å². The second-order valence-electron chi connectivity index (χ2n) is 11.3. The summed E-state index contributed by atoms with van der Waals surface area (Å²) >= 11 is 12.1. The van der Waals surface area contributed by atoms with Gasteiger partial charge in [-0.2, -0.15) is 5.26 Å². The Labute approximate surface area is 249 Å². The molecule has 42 heavy (non-hydrogen) atoms. The zero-order valence-corrected chi connectivity index (χ0v) is 24.0. The average Bonchev–Trinajstić information content (AvgIpc) is 3.18. The largest absolute Gasteiger partial charge is 0.477 e. The standard InChI is InChI=1S/C30H25Cl2F4N3O3/c1-29(2,3)12-22-30(13-37,17-8-7-14(31)9-19(17)33)24(16-5-4-6-18(32)25(16)36)26(39-22)27(40)38-15-10-20(34)23(28(41)42)21(35)11-15/h4-11,22,24,26,39H,12H2,1-3H3,(H,38,40)(H,41,42)/t22-,24-,26+,30+/m0/s1. The summed E-state index contributed by atoms with van der Waals surface area (Å²) in [5, 5.41) is 25.1. The molecule has 0 aliphatic carbocycles. The van der Waals surface area contributed by atoms with Crippen molar-refractivity contribution in [2.24, 2.45) is 5.41 Å². The summed E-state index contributed by atoms with van der Waals surface area (Å²) in [6.45, 7) is 5.60. The number of hydrogen-bond donors (Lipinski definition) is 3. The minimum Gasteiger partial charge on any atom is -0.477 e. The summed E-state index contributed by atoms with van der Waals surface area (Å²) in [5.41, 5.74) is -4.33. The van der Waals surface area contributed by atoms with Crippen LogP contribution in [-0.4, -0.2) is 29.1 Å². The van der Waals surface area contributed by atoms with Crippen LogP contribution >= 0.6 is 23.2 Å². The van der Waals surface area contributed by atoms with Crippen molar-refractivity contribution >= 4 is 40.8 Å². The van der Waals surface area contributed by atoms with Crippen molar-refractivity contribution in [1.82, 2.24) is 5.32 Å². The third-order valence-electron chi connectivity index (χ3n) is 7.26. The van der Waals surface area contributed by atoms with E-state index in [1.54, 1.807) is 0 Å². The quantitative estimate of drug-likeness (QED) is 0.252. The van der Waals surface area contributed by atoms with Crippen molar-refractivity contribution in [3.05, 3.63) is 98.5 Å². The van der Waals surface area contributed by atoms with Crippen molar-refractivity contribution in [1.29, 1.82) is 5.26 Å². The molecule has 4 atom stereocenters. The smallest absolute Gasteiger partial charge is 0.341 e. The molecule has 220 valence electrons. The van der Waals surface area contributed by atoms with Crippen LogP contribution in [0, 0.1) is 40.0 Å². The maximum Gasteiger partial charge on any atom is 0.341 e. The van der Waals surface area contributed by atoms with Gasteiger partial charge in [0.2, 0.25) is 5.91 Å². The summed E-state index contributed by atoms with van der Waals surface area (Å²) in [4.78, 5) is 25.0. The highest BCUT2D eigenvalue weighted by Crippen LogP contribution is 2.53. The lowest BCUT2D eigenvalue weighted by atomic mass is 9.62. The van der Waals surface area contributed by atoms with Gasteiger partial charge in [0.15, 0.2) is 0 Å². The van der Waals surface area contributed by atoms with Gasteiger partial charge in [0, 0.05) is 28.2 Å². The molecule has 1 aliphatic heterocycles. The van der Waals surface area contributed by atoms with Crippen LogP contribution in [-0.2, 0) is 10.2 Å². The number of nitrogens with one attached hydrogen (secondary N) is 2. The number of halogens is 6. The van der Waals surface area contributed by atoms with Gasteiger partial charge in [-0.15, -0.1) is 0 Å². The molecule has 3 aromatic carbocycles. The highest BCUT2D eigenvalue weighted by Gasteiger charge is 2.61. The number of hydrogen-bond acceptors (Lipinski definition) is 4. The first-order valence-electron chi connectivity index (χ1n) is 12.7. The van der Waals surface area contributed by atoms with Gasteiger partial charge < -0.3 is 15.7 Å². The molecule has 1 amide bonds. The molecule has 12 heteroatoms. The summed E-state index contributed by atoms with van der Waals surface area (Å²) in [6.07, 6.45) is 0.210. The molecule has 3 aromatic rings. The number of nitriles is 1. The van der Waals surface area contributed by atoms with E-state index in [0.717, 1.165) is 6.07 Å². The van der Waals surface area contributed by atoms with E-state index in [9.17, 15) is 23.6 Å². The van der Waals surface area contributed by atoms with E-state index in [4.69, 9.17) is 28.3 Å². The van der Waals surface area contributed by atoms with Crippen molar-refractivity contribution in [3.8, 4) is 6.07 Å². The lowest BCUT2D eigenvalue weighted by molar-refractivity contribution is -0.118. The molecular formula is C30H25Cl2F4N3O3. The molecule has 0 spiro atoms. The van der Waals surface area contributed by atoms with Crippen molar-refractivity contribution in [3.63, 3.8) is 0 Å². The van der Waals surface area contributed by atoms with Crippen LogP contribution in [0.15, 0.2) is 48.5 Å². The Kier molecular flexibility index (Phi) is 8.61. The van der Waals surface area contributed by atoms with Crippen LogP contribution < -0.4 is 10.6 Å². The number of carboxylic acid groups (broad SMARTS) is 1. The lowest BCUT2D eigenvalue weighted by Gasteiger charge is -2.37. The first kappa shape index (κ1) is 31.3. The SMILES string of the molecule is CC(C)(C)C[C@@H]1N[C@@H](C(=O)Nc2cc(F)c(C(=O)O)c(F)c2)[C@H](c2cccc(Cl)c2F)[C@]1(C#N)c1ccc(Cl)cc1F. The van der Waals surface area contributed by atoms with Gasteiger partial charge in [0.05, 0.1) is 17.1 Å². The summed E-state index contributed by atoms with van der Waals surface area (Å²) < 4.78 is 60.2. The highest BCUT2D eigenvalue weighted by molar-refractivity contribution is 6.31. The minimum atomic E-state index is -1.90. The molecule has 1 saturated heterocycles. The molecule has 0 radical (unpaired) electrons. The summed E-state index contributed by atoms with van der Waals surface area (Å²) in [5.74, 6) is -8.84. The normalized spacial score (nSPS) is 22.0. The number of benzene rings is 3. The van der Waals surface area contributed by atoms with Crippen molar-refractivity contribution in [2.45, 2.75) is 50.6 Å². The van der Waals surface area contributed by atoms with Crippen LogP contribution in [0.1, 0.15) is 54.6 Å². The number of carbonyl (C=O) groups excluding carboxylic acids is 1. The predicted molar refractivity (Wildman–Crippen MR) is 150 cm³/mol. The Balaban J connectivity index is 1.94. The Hall–Kier alpha value is -3.65. The number of rotatable bonds is 6. The Morgan fingerprint density at radius 2 is 1.69 bits per heavy atom. The molecule has 1 heterocycles. The molecule has 0 saturated carbocycles. The molecule has 0 aromatic heterocycles. The monoisotopic (exact) mass is 621 g/mol. The molecule has 6 nitrogen and oxygen atoms in total. The van der Waals surface area contributed by atoms with Crippen LogP contribution in [0.2, 0.25) is 10.0 Å². The fraction of sp³-hybridized carbons (Fsp3) is 0.300. The Morgan fingerprint density at radius 3 is 2.24 bits per heavy atom. The van der Waals surface area contributed by atoms with E-state index in [1.807, 2.05) is 20.8 Å². The highest BCUT2D eigenvalue weighted by atomic mass is 35.5. The van der Waals surface area contributed by atoms with E-state index in [0.29, 0.717) is 12.1 Å². The summed E-state index contributed by atoms with van der Waals surface area (Å²) in [7, 11) is 0. The molecule has 3 N–H and O–H groups in total. The van der Waals surface area contributed by atoms with E-state index < -0.39 is 75.2 Å². The number of aromatic carboxylic acids is 1. The molecular weight excluding hydrogens is 597 g/mol. The van der Waals surface area contributed by atoms with E-state index in [2.05, 4.69) is 16.7 Å². The van der Waals surface area contributed by atoms with Crippen LogP contribution in [0.3, 0.4) is 0 Å². The van der Waals surface area contributed by atoms with E-state index in [-0.39, 0.29) is 27.6 Å². The third kappa shape index (κ3) is 5.69. The van der Waals surface area contributed by atoms with E-state index >= 15 is 8.78 Å². The molecule has 4 rings (SSSR count). The fourth-order valence-electron chi connectivity index (χ4n) is 5.63. The van der Waals surface area contributed by atoms with E-state index in [1.165, 1.54) is 30.3 Å². The zero-order valence-electron chi connectivity index (χ0n) is 22.5. The second kappa shape index (κ2) is 11.6.